The number of likely N-dealkylation sites (tertiary alicyclic amines) is 1. The molecule has 0 spiro atoms. The first-order valence-electron chi connectivity index (χ1n) is 16.4. The highest BCUT2D eigenvalue weighted by molar-refractivity contribution is 6.27. The van der Waals surface area contributed by atoms with E-state index in [9.17, 15) is 9.18 Å². The van der Waals surface area contributed by atoms with Gasteiger partial charge in [-0.05, 0) is 87.7 Å². The van der Waals surface area contributed by atoms with Crippen LogP contribution in [0.15, 0.2) is 77.4 Å². The van der Waals surface area contributed by atoms with Crippen molar-refractivity contribution >= 4 is 33.9 Å². The number of aromatic amines is 1. The van der Waals surface area contributed by atoms with Crippen LogP contribution in [0.4, 0.5) is 15.8 Å². The molecule has 48 heavy (non-hydrogen) atoms. The van der Waals surface area contributed by atoms with Gasteiger partial charge in [0.1, 0.15) is 23.4 Å². The van der Waals surface area contributed by atoms with Crippen molar-refractivity contribution in [3.05, 3.63) is 89.5 Å². The number of Topliss-reactive ketones (excluding diaryl/α,β-unsaturated/α-hetero) is 1. The fraction of sp³-hybridized carbons (Fsp3) is 0.351. The van der Waals surface area contributed by atoms with Crippen LogP contribution in [0.3, 0.4) is 0 Å². The Kier molecular flexibility index (Phi) is 9.98. The number of benzene rings is 3. The molecule has 11 heteroatoms. The zero-order valence-electron chi connectivity index (χ0n) is 27.7. The Morgan fingerprint density at radius 3 is 2.46 bits per heavy atom. The first-order valence-corrected chi connectivity index (χ1v) is 16.4. The van der Waals surface area contributed by atoms with E-state index in [-0.39, 0.29) is 29.0 Å². The van der Waals surface area contributed by atoms with E-state index in [4.69, 9.17) is 25.7 Å². The van der Waals surface area contributed by atoms with Crippen LogP contribution >= 0.6 is 0 Å². The summed E-state index contributed by atoms with van der Waals surface area (Å²) in [5.41, 5.74) is 15.7. The normalized spacial score (nSPS) is 16.9. The number of fused-ring (bicyclic) bond motifs is 1. The smallest absolute Gasteiger partial charge is 0.214 e. The molecule has 3 heterocycles. The molecule has 0 unspecified atom stereocenters. The van der Waals surface area contributed by atoms with E-state index in [2.05, 4.69) is 33.6 Å². The molecule has 0 saturated carbocycles. The Balaban J connectivity index is 1.23. The lowest BCUT2D eigenvalue weighted by molar-refractivity contribution is 0.0840. The quantitative estimate of drug-likeness (QED) is 0.0797. The number of halogens is 1. The molecule has 0 atom stereocenters. The summed E-state index contributed by atoms with van der Waals surface area (Å²) >= 11 is 0. The SMILES string of the molecule is Cc1cc(N=C(N)C(=CN)C(=O)c2cc3cc(OC4CCN(C(C)C)CC4)c(N4CCOCC4)cc3[nH]2)ccc1Oc1ccccc1F. The second-order valence-corrected chi connectivity index (χ2v) is 12.5. The van der Waals surface area contributed by atoms with Crippen molar-refractivity contribution in [1.29, 1.82) is 0 Å². The van der Waals surface area contributed by atoms with E-state index in [1.807, 2.05) is 19.1 Å². The van der Waals surface area contributed by atoms with Crippen molar-refractivity contribution in [1.82, 2.24) is 9.88 Å². The number of aromatic nitrogens is 1. The summed E-state index contributed by atoms with van der Waals surface area (Å²) in [5.74, 6) is 0.522. The Hall–Kier alpha value is -4.87. The lowest BCUT2D eigenvalue weighted by Gasteiger charge is -2.36. The van der Waals surface area contributed by atoms with Gasteiger partial charge in [-0.25, -0.2) is 9.38 Å². The summed E-state index contributed by atoms with van der Waals surface area (Å²) in [6, 6.07) is 17.7. The summed E-state index contributed by atoms with van der Waals surface area (Å²) in [7, 11) is 0. The number of rotatable bonds is 10. The van der Waals surface area contributed by atoms with Crippen molar-refractivity contribution in [2.45, 2.75) is 45.8 Å². The van der Waals surface area contributed by atoms with Crippen molar-refractivity contribution < 1.29 is 23.4 Å². The largest absolute Gasteiger partial charge is 0.488 e. The summed E-state index contributed by atoms with van der Waals surface area (Å²) in [6.45, 7) is 11.1. The van der Waals surface area contributed by atoms with Crippen molar-refractivity contribution in [3.8, 4) is 17.2 Å². The Morgan fingerprint density at radius 1 is 1.02 bits per heavy atom. The van der Waals surface area contributed by atoms with Crippen LogP contribution in [0, 0.1) is 12.7 Å². The molecule has 0 radical (unpaired) electrons. The maximum atomic E-state index is 14.1. The summed E-state index contributed by atoms with van der Waals surface area (Å²) < 4.78 is 32.1. The first-order chi connectivity index (χ1) is 23.2. The van der Waals surface area contributed by atoms with Crippen molar-refractivity contribution in [3.63, 3.8) is 0 Å². The molecule has 5 N–H and O–H groups in total. The lowest BCUT2D eigenvalue weighted by atomic mass is 10.1. The van der Waals surface area contributed by atoms with Gasteiger partial charge in [0.2, 0.25) is 5.78 Å². The van der Waals surface area contributed by atoms with E-state index in [1.54, 1.807) is 42.5 Å². The van der Waals surface area contributed by atoms with Gasteiger partial charge in [-0.2, -0.15) is 0 Å². The molecule has 1 aromatic heterocycles. The average molecular weight is 655 g/mol. The number of hydrogen-bond acceptors (Lipinski definition) is 8. The molecule has 2 fully saturated rings. The highest BCUT2D eigenvalue weighted by atomic mass is 19.1. The van der Waals surface area contributed by atoms with Gasteiger partial charge in [0.05, 0.1) is 35.9 Å². The van der Waals surface area contributed by atoms with E-state index in [0.29, 0.717) is 41.9 Å². The van der Waals surface area contributed by atoms with Crippen LogP contribution in [0.2, 0.25) is 0 Å². The number of aryl methyl sites for hydroxylation is 1. The summed E-state index contributed by atoms with van der Waals surface area (Å²) in [6.07, 6.45) is 3.20. The number of morpholine rings is 1. The molecule has 3 aromatic carbocycles. The summed E-state index contributed by atoms with van der Waals surface area (Å²) in [4.78, 5) is 26.2. The minimum Gasteiger partial charge on any atom is -0.488 e. The van der Waals surface area contributed by atoms with Gasteiger partial charge in [0.25, 0.3) is 0 Å². The number of nitrogens with zero attached hydrogens (tertiary/aromatic N) is 3. The number of ether oxygens (including phenoxy) is 3. The number of nitrogens with one attached hydrogen (secondary N) is 1. The van der Waals surface area contributed by atoms with Crippen LogP contribution in [-0.2, 0) is 4.74 Å². The van der Waals surface area contributed by atoms with Gasteiger partial charge in [-0.15, -0.1) is 0 Å². The van der Waals surface area contributed by atoms with E-state index in [0.717, 1.165) is 61.4 Å². The number of H-pyrrole nitrogens is 1. The van der Waals surface area contributed by atoms with Crippen LogP contribution in [0.5, 0.6) is 17.2 Å². The van der Waals surface area contributed by atoms with E-state index in [1.165, 1.54) is 12.3 Å². The maximum absolute atomic E-state index is 14.1. The third-order valence-corrected chi connectivity index (χ3v) is 8.95. The number of nitrogens with two attached hydrogens (primary N) is 2. The predicted octanol–water partition coefficient (Wildman–Crippen LogP) is 6.21. The van der Waals surface area contributed by atoms with Gasteiger partial charge in [0, 0.05) is 49.3 Å². The Labute approximate surface area is 280 Å². The molecule has 4 aromatic rings. The third kappa shape index (κ3) is 7.32. The molecule has 10 nitrogen and oxygen atoms in total. The Morgan fingerprint density at radius 2 is 1.77 bits per heavy atom. The van der Waals surface area contributed by atoms with Gasteiger partial charge in [-0.3, -0.25) is 4.79 Å². The molecular formula is C37H43FN6O4. The molecule has 0 aliphatic carbocycles. The molecule has 2 saturated heterocycles. The second-order valence-electron chi connectivity index (χ2n) is 12.5. The topological polar surface area (TPSA) is 131 Å². The number of anilines is 1. The first kappa shape index (κ1) is 33.0. The van der Waals surface area contributed by atoms with Crippen molar-refractivity contribution in [2.75, 3.05) is 44.3 Å². The lowest BCUT2D eigenvalue weighted by Crippen LogP contribution is -2.42. The number of ketones is 1. The zero-order valence-corrected chi connectivity index (χ0v) is 27.7. The van der Waals surface area contributed by atoms with Crippen molar-refractivity contribution in [2.24, 2.45) is 16.5 Å². The molecule has 2 aliphatic rings. The fourth-order valence-corrected chi connectivity index (χ4v) is 6.19. The van der Waals surface area contributed by atoms with Gasteiger partial charge in [0.15, 0.2) is 11.6 Å². The number of carbonyl (C=O) groups is 1. The van der Waals surface area contributed by atoms with Crippen LogP contribution < -0.4 is 25.8 Å². The minimum absolute atomic E-state index is 0.0332. The molecular weight excluding hydrogens is 611 g/mol. The molecule has 0 bridgehead atoms. The molecule has 252 valence electrons. The maximum Gasteiger partial charge on any atom is 0.214 e. The predicted molar refractivity (Wildman–Crippen MR) is 187 cm³/mol. The number of piperidine rings is 1. The van der Waals surface area contributed by atoms with Crippen LogP contribution in [0.1, 0.15) is 42.7 Å². The Bertz CT molecular complexity index is 1840. The number of aliphatic imine (C=N–C) groups is 1. The number of hydrogen-bond donors (Lipinski definition) is 3. The summed E-state index contributed by atoms with van der Waals surface area (Å²) in [5, 5.41) is 0.845. The molecule has 6 rings (SSSR count). The second kappa shape index (κ2) is 14.5. The number of carbonyl (C=O) groups excluding carboxylic acids is 1. The highest BCUT2D eigenvalue weighted by Gasteiger charge is 2.26. The number of amidine groups is 1. The van der Waals surface area contributed by atoms with E-state index >= 15 is 0 Å². The fourth-order valence-electron chi connectivity index (χ4n) is 6.19. The van der Waals surface area contributed by atoms with Crippen LogP contribution in [-0.4, -0.2) is 73.0 Å². The number of para-hydroxylation sites is 1. The third-order valence-electron chi connectivity index (χ3n) is 8.95. The highest BCUT2D eigenvalue weighted by Crippen LogP contribution is 2.36. The molecule has 0 amide bonds. The van der Waals surface area contributed by atoms with Crippen LogP contribution in [0.25, 0.3) is 10.9 Å². The van der Waals surface area contributed by atoms with Gasteiger partial charge in [-0.1, -0.05) is 12.1 Å². The standard InChI is InChI=1S/C37H43FN6O4/c1-23(2)43-12-10-27(11-13-43)47-35-20-25-19-31(42-30(25)21-32(35)44-14-16-46-17-15-44)36(45)28(22-39)37(40)41-26-8-9-33(24(3)18-26)48-34-7-5-4-6-29(34)38/h4-9,18-23,27,42H,10-17,39H2,1-3H3,(H2,40,41). The van der Waals surface area contributed by atoms with Gasteiger partial charge >= 0.3 is 0 Å². The average Bonchev–Trinajstić information content (AvgIpc) is 3.50. The zero-order chi connectivity index (χ0) is 33.8. The van der Waals surface area contributed by atoms with E-state index < -0.39 is 5.82 Å². The monoisotopic (exact) mass is 654 g/mol. The van der Waals surface area contributed by atoms with Gasteiger partial charge < -0.3 is 40.5 Å². The molecule has 2 aliphatic heterocycles. The minimum atomic E-state index is -0.458.